The summed E-state index contributed by atoms with van der Waals surface area (Å²) >= 11 is 0. The van der Waals surface area contributed by atoms with Crippen molar-refractivity contribution in [1.29, 1.82) is 0 Å². The van der Waals surface area contributed by atoms with Crippen molar-refractivity contribution in [3.8, 4) is 0 Å². The number of carbonyl (C=O) groups is 1. The fraction of sp³-hybridized carbons (Fsp3) is 0.444. The third-order valence-electron chi connectivity index (χ3n) is 4.47. The van der Waals surface area contributed by atoms with Gasteiger partial charge >= 0.3 is 0 Å². The highest BCUT2D eigenvalue weighted by atomic mass is 19.1. The van der Waals surface area contributed by atoms with Crippen LogP contribution >= 0.6 is 0 Å². The summed E-state index contributed by atoms with van der Waals surface area (Å²) in [6.45, 7) is 2.35. The lowest BCUT2D eigenvalue weighted by molar-refractivity contribution is 0.0701. The molecule has 7 heteroatoms. The first-order valence-corrected chi connectivity index (χ1v) is 8.34. The van der Waals surface area contributed by atoms with Crippen LogP contribution in [0.1, 0.15) is 34.9 Å². The molecule has 0 N–H and O–H groups in total. The number of aromatic nitrogens is 2. The Bertz CT molecular complexity index is 727. The lowest BCUT2D eigenvalue weighted by atomic mass is 9.96. The number of benzene rings is 1. The van der Waals surface area contributed by atoms with Crippen molar-refractivity contribution in [2.75, 3.05) is 26.8 Å². The van der Waals surface area contributed by atoms with Crippen LogP contribution in [0.15, 0.2) is 30.6 Å². The van der Waals surface area contributed by atoms with Crippen molar-refractivity contribution in [2.45, 2.75) is 25.3 Å². The average Bonchev–Trinajstić information content (AvgIpc) is 3.07. The minimum absolute atomic E-state index is 0.0425. The van der Waals surface area contributed by atoms with Gasteiger partial charge in [-0.2, -0.15) is 0 Å². The van der Waals surface area contributed by atoms with Crippen LogP contribution in [0.25, 0.3) is 0 Å². The minimum Gasteiger partial charge on any atom is -0.383 e. The quantitative estimate of drug-likeness (QED) is 0.834. The van der Waals surface area contributed by atoms with Gasteiger partial charge < -0.3 is 14.2 Å². The van der Waals surface area contributed by atoms with Crippen LogP contribution in [-0.4, -0.2) is 47.2 Å². The van der Waals surface area contributed by atoms with Gasteiger partial charge in [0, 0.05) is 56.7 Å². The van der Waals surface area contributed by atoms with Gasteiger partial charge in [-0.05, 0) is 25.0 Å². The number of likely N-dealkylation sites (tertiary alicyclic amines) is 1. The van der Waals surface area contributed by atoms with Gasteiger partial charge in [-0.15, -0.1) is 0 Å². The van der Waals surface area contributed by atoms with Crippen LogP contribution in [0.3, 0.4) is 0 Å². The number of hydrogen-bond acceptors (Lipinski definition) is 3. The lowest BCUT2D eigenvalue weighted by Gasteiger charge is -2.32. The van der Waals surface area contributed by atoms with Crippen molar-refractivity contribution in [3.05, 3.63) is 53.6 Å². The predicted molar refractivity (Wildman–Crippen MR) is 88.3 cm³/mol. The SMILES string of the molecule is COCCn1ccnc1[C@H]1CCCN(C(=O)c2cc(F)cc(F)c2)C1. The van der Waals surface area contributed by atoms with E-state index in [0.29, 0.717) is 26.2 Å². The highest BCUT2D eigenvalue weighted by molar-refractivity contribution is 5.94. The standard InChI is InChI=1S/C18H21F2N3O2/c1-25-8-7-22-6-4-21-17(22)13-3-2-5-23(12-13)18(24)14-9-15(19)11-16(20)10-14/h4,6,9-11,13H,2-3,5,7-8,12H2,1H3/t13-/m0/s1. The van der Waals surface area contributed by atoms with Gasteiger partial charge in [-0.3, -0.25) is 4.79 Å². The van der Waals surface area contributed by atoms with Gasteiger partial charge in [-0.1, -0.05) is 0 Å². The molecule has 1 fully saturated rings. The molecule has 134 valence electrons. The number of rotatable bonds is 5. The summed E-state index contributed by atoms with van der Waals surface area (Å²) in [5.74, 6) is -0.819. The Morgan fingerprint density at radius 1 is 1.32 bits per heavy atom. The van der Waals surface area contributed by atoms with Gasteiger partial charge in [0.05, 0.1) is 6.61 Å². The number of halogens is 2. The van der Waals surface area contributed by atoms with Crippen LogP contribution < -0.4 is 0 Å². The summed E-state index contributed by atoms with van der Waals surface area (Å²) in [5, 5.41) is 0. The largest absolute Gasteiger partial charge is 0.383 e. The summed E-state index contributed by atoms with van der Waals surface area (Å²) in [6, 6.07) is 2.92. The molecular formula is C18H21F2N3O2. The Hall–Kier alpha value is -2.28. The molecule has 3 rings (SSSR count). The Morgan fingerprint density at radius 2 is 2.08 bits per heavy atom. The van der Waals surface area contributed by atoms with Crippen molar-refractivity contribution in [3.63, 3.8) is 0 Å². The molecule has 1 amide bonds. The topological polar surface area (TPSA) is 47.4 Å². The van der Waals surface area contributed by atoms with E-state index in [1.54, 1.807) is 18.2 Å². The van der Waals surface area contributed by atoms with Crippen molar-refractivity contribution < 1.29 is 18.3 Å². The van der Waals surface area contributed by atoms with Gasteiger partial charge in [0.2, 0.25) is 0 Å². The molecule has 0 aliphatic carbocycles. The van der Waals surface area contributed by atoms with E-state index in [1.807, 2.05) is 10.8 Å². The zero-order valence-electron chi connectivity index (χ0n) is 14.1. The number of piperidine rings is 1. The van der Waals surface area contributed by atoms with E-state index in [4.69, 9.17) is 4.74 Å². The first-order valence-electron chi connectivity index (χ1n) is 8.34. The fourth-order valence-corrected chi connectivity index (χ4v) is 3.29. The average molecular weight is 349 g/mol. The Kier molecular flexibility index (Phi) is 5.43. The van der Waals surface area contributed by atoms with E-state index >= 15 is 0 Å². The predicted octanol–water partition coefficient (Wildman–Crippen LogP) is 2.83. The summed E-state index contributed by atoms with van der Waals surface area (Å²) < 4.78 is 33.9. The van der Waals surface area contributed by atoms with E-state index in [-0.39, 0.29) is 17.4 Å². The highest BCUT2D eigenvalue weighted by Crippen LogP contribution is 2.27. The summed E-state index contributed by atoms with van der Waals surface area (Å²) in [5.41, 5.74) is 0.0425. The second-order valence-corrected chi connectivity index (χ2v) is 6.22. The summed E-state index contributed by atoms with van der Waals surface area (Å²) in [4.78, 5) is 18.7. The number of nitrogens with zero attached hydrogens (tertiary/aromatic N) is 3. The van der Waals surface area contributed by atoms with Crippen LogP contribution in [0, 0.1) is 11.6 Å². The molecule has 0 radical (unpaired) electrons. The summed E-state index contributed by atoms with van der Waals surface area (Å²) in [6.07, 6.45) is 5.39. The molecule has 1 saturated heterocycles. The molecule has 1 aromatic carbocycles. The Morgan fingerprint density at radius 3 is 2.80 bits per heavy atom. The molecular weight excluding hydrogens is 328 g/mol. The third kappa shape index (κ3) is 4.04. The number of ether oxygens (including phenoxy) is 1. The molecule has 1 aromatic heterocycles. The minimum atomic E-state index is -0.744. The fourth-order valence-electron chi connectivity index (χ4n) is 3.29. The van der Waals surface area contributed by atoms with Gasteiger partial charge in [0.1, 0.15) is 17.5 Å². The molecule has 0 saturated carbocycles. The maximum Gasteiger partial charge on any atom is 0.254 e. The van der Waals surface area contributed by atoms with Crippen LogP contribution in [0.2, 0.25) is 0 Å². The molecule has 0 bridgehead atoms. The molecule has 25 heavy (non-hydrogen) atoms. The van der Waals surface area contributed by atoms with Crippen molar-refractivity contribution >= 4 is 5.91 Å². The number of imidazole rings is 1. The van der Waals surface area contributed by atoms with Gasteiger partial charge in [0.15, 0.2) is 0 Å². The van der Waals surface area contributed by atoms with Gasteiger partial charge in [0.25, 0.3) is 5.91 Å². The first kappa shape index (κ1) is 17.5. The maximum atomic E-state index is 13.4. The van der Waals surface area contributed by atoms with Crippen LogP contribution in [0.5, 0.6) is 0 Å². The van der Waals surface area contributed by atoms with Crippen LogP contribution in [0.4, 0.5) is 8.78 Å². The molecule has 2 aromatic rings. The number of amides is 1. The van der Waals surface area contributed by atoms with Crippen molar-refractivity contribution in [2.24, 2.45) is 0 Å². The second kappa shape index (κ2) is 7.74. The molecule has 5 nitrogen and oxygen atoms in total. The first-order chi connectivity index (χ1) is 12.1. The smallest absolute Gasteiger partial charge is 0.254 e. The van der Waals surface area contributed by atoms with E-state index < -0.39 is 11.6 Å². The normalized spacial score (nSPS) is 17.7. The monoisotopic (exact) mass is 349 g/mol. The van der Waals surface area contributed by atoms with E-state index in [2.05, 4.69) is 4.98 Å². The summed E-state index contributed by atoms with van der Waals surface area (Å²) in [7, 11) is 1.65. The van der Waals surface area contributed by atoms with E-state index in [1.165, 1.54) is 0 Å². The maximum absolute atomic E-state index is 13.4. The zero-order chi connectivity index (χ0) is 17.8. The highest BCUT2D eigenvalue weighted by Gasteiger charge is 2.28. The number of methoxy groups -OCH3 is 1. The lowest BCUT2D eigenvalue weighted by Crippen LogP contribution is -2.40. The molecule has 1 aliphatic heterocycles. The molecule has 2 heterocycles. The van der Waals surface area contributed by atoms with Gasteiger partial charge in [-0.25, -0.2) is 13.8 Å². The third-order valence-corrected chi connectivity index (χ3v) is 4.47. The number of hydrogen-bond donors (Lipinski definition) is 0. The van der Waals surface area contributed by atoms with E-state index in [9.17, 15) is 13.6 Å². The van der Waals surface area contributed by atoms with Crippen molar-refractivity contribution in [1.82, 2.24) is 14.5 Å². The molecule has 0 spiro atoms. The number of carbonyl (C=O) groups excluding carboxylic acids is 1. The van der Waals surface area contributed by atoms with Crippen LogP contribution in [-0.2, 0) is 11.3 Å². The molecule has 0 unspecified atom stereocenters. The molecule has 1 atom stereocenters. The van der Waals surface area contributed by atoms with E-state index in [0.717, 1.165) is 36.9 Å². The Labute approximate surface area is 145 Å². The zero-order valence-corrected chi connectivity index (χ0v) is 14.1. The second-order valence-electron chi connectivity index (χ2n) is 6.22. The Balaban J connectivity index is 1.75. The molecule has 1 aliphatic rings.